The lowest BCUT2D eigenvalue weighted by atomic mass is 10.1. The first-order valence-electron chi connectivity index (χ1n) is 7.36. The van der Waals surface area contributed by atoms with Crippen molar-refractivity contribution in [3.63, 3.8) is 0 Å². The monoisotopic (exact) mass is 294 g/mol. The molecule has 4 heteroatoms. The average molecular weight is 294 g/mol. The van der Waals surface area contributed by atoms with E-state index < -0.39 is 0 Å². The Morgan fingerprint density at radius 3 is 2.60 bits per heavy atom. The van der Waals surface area contributed by atoms with Crippen molar-refractivity contribution >= 4 is 17.4 Å². The van der Waals surface area contributed by atoms with Crippen molar-refractivity contribution < 1.29 is 4.74 Å². The van der Waals surface area contributed by atoms with Gasteiger partial charge in [0.15, 0.2) is 0 Å². The Kier molecular flexibility index (Phi) is 6.05. The Hall–Kier alpha value is -0.870. The van der Waals surface area contributed by atoms with Crippen LogP contribution in [0.4, 0.5) is 5.69 Å². The van der Waals surface area contributed by atoms with E-state index >= 15 is 0 Å². The number of rotatable bonds is 6. The molecule has 20 heavy (non-hydrogen) atoms. The first kappa shape index (κ1) is 15.5. The largest absolute Gasteiger partial charge is 0.497 e. The lowest BCUT2D eigenvalue weighted by molar-refractivity contribution is 0.190. The fourth-order valence-corrected chi connectivity index (χ4v) is 3.18. The van der Waals surface area contributed by atoms with Crippen LogP contribution in [-0.2, 0) is 0 Å². The highest BCUT2D eigenvalue weighted by atomic mass is 32.2. The molecule has 0 saturated carbocycles. The first-order chi connectivity index (χ1) is 9.74. The van der Waals surface area contributed by atoms with Crippen LogP contribution in [-0.4, -0.2) is 56.2 Å². The van der Waals surface area contributed by atoms with Gasteiger partial charge in [-0.25, -0.2) is 0 Å². The van der Waals surface area contributed by atoms with E-state index in [0.717, 1.165) is 18.8 Å². The van der Waals surface area contributed by atoms with Gasteiger partial charge in [0, 0.05) is 31.4 Å². The molecule has 1 aliphatic heterocycles. The van der Waals surface area contributed by atoms with Gasteiger partial charge in [0.1, 0.15) is 5.75 Å². The van der Waals surface area contributed by atoms with Gasteiger partial charge in [0.05, 0.1) is 7.11 Å². The molecule has 0 spiro atoms. The summed E-state index contributed by atoms with van der Waals surface area (Å²) in [7, 11) is 1.71. The Bertz CT molecular complexity index is 396. The maximum Gasteiger partial charge on any atom is 0.119 e. The van der Waals surface area contributed by atoms with Crippen LogP contribution in [0.15, 0.2) is 24.3 Å². The van der Waals surface area contributed by atoms with Crippen molar-refractivity contribution in [1.29, 1.82) is 0 Å². The van der Waals surface area contributed by atoms with E-state index in [1.165, 1.54) is 31.0 Å². The van der Waals surface area contributed by atoms with Gasteiger partial charge in [-0.2, -0.15) is 11.8 Å². The lowest BCUT2D eigenvalue weighted by Crippen LogP contribution is -2.52. The second kappa shape index (κ2) is 7.79. The van der Waals surface area contributed by atoms with Gasteiger partial charge in [0.25, 0.3) is 0 Å². The minimum atomic E-state index is 0.632. The maximum atomic E-state index is 5.22. The molecule has 2 rings (SSSR count). The number of ether oxygens (including phenoxy) is 1. The summed E-state index contributed by atoms with van der Waals surface area (Å²) in [6, 6.07) is 9.05. The summed E-state index contributed by atoms with van der Waals surface area (Å²) in [5.41, 5.74) is 1.31. The number of hydrogen-bond acceptors (Lipinski definition) is 4. The number of hydrogen-bond donors (Lipinski definition) is 0. The summed E-state index contributed by atoms with van der Waals surface area (Å²) in [5, 5.41) is 0. The Morgan fingerprint density at radius 2 is 2.00 bits per heavy atom. The number of thioether (sulfide) groups is 1. The molecule has 1 aromatic rings. The molecule has 1 aliphatic rings. The van der Waals surface area contributed by atoms with Crippen molar-refractivity contribution in [3.05, 3.63) is 24.3 Å². The Balaban J connectivity index is 1.87. The summed E-state index contributed by atoms with van der Waals surface area (Å²) in [6.45, 7) is 6.98. The van der Waals surface area contributed by atoms with Crippen LogP contribution < -0.4 is 9.64 Å². The van der Waals surface area contributed by atoms with E-state index in [4.69, 9.17) is 4.74 Å². The van der Waals surface area contributed by atoms with Crippen molar-refractivity contribution in [1.82, 2.24) is 4.90 Å². The molecule has 112 valence electrons. The van der Waals surface area contributed by atoms with Gasteiger partial charge in [-0.3, -0.25) is 4.90 Å². The molecule has 0 unspecified atom stereocenters. The third-order valence-electron chi connectivity index (χ3n) is 4.00. The fourth-order valence-electron chi connectivity index (χ4n) is 2.77. The Labute approximate surface area is 127 Å². The second-order valence-corrected chi connectivity index (χ2v) is 6.36. The van der Waals surface area contributed by atoms with Crippen molar-refractivity contribution in [3.8, 4) is 5.75 Å². The zero-order valence-corrected chi connectivity index (χ0v) is 13.7. The number of anilines is 1. The SMILES string of the molecule is COc1ccc(N2CCN(CCCSC)[C@@H](C)C2)cc1. The normalized spacial score (nSPS) is 20.1. The van der Waals surface area contributed by atoms with Crippen LogP contribution in [0.1, 0.15) is 13.3 Å². The van der Waals surface area contributed by atoms with Crippen LogP contribution in [0.25, 0.3) is 0 Å². The second-order valence-electron chi connectivity index (χ2n) is 5.38. The first-order valence-corrected chi connectivity index (χ1v) is 8.76. The molecule has 0 aromatic heterocycles. The van der Waals surface area contributed by atoms with Crippen molar-refractivity contribution in [2.75, 3.05) is 50.2 Å². The van der Waals surface area contributed by atoms with Gasteiger partial charge < -0.3 is 9.64 Å². The van der Waals surface area contributed by atoms with E-state index in [1.54, 1.807) is 7.11 Å². The van der Waals surface area contributed by atoms with E-state index in [2.05, 4.69) is 35.1 Å². The molecule has 0 radical (unpaired) electrons. The molecule has 0 amide bonds. The van der Waals surface area contributed by atoms with Gasteiger partial charge in [0.2, 0.25) is 0 Å². The highest BCUT2D eigenvalue weighted by molar-refractivity contribution is 7.98. The average Bonchev–Trinajstić information content (AvgIpc) is 2.49. The lowest BCUT2D eigenvalue weighted by Gasteiger charge is -2.41. The van der Waals surface area contributed by atoms with Crippen molar-refractivity contribution in [2.45, 2.75) is 19.4 Å². The molecule has 0 bridgehead atoms. The number of methoxy groups -OCH3 is 1. The molecule has 1 fully saturated rings. The zero-order valence-electron chi connectivity index (χ0n) is 12.8. The maximum absolute atomic E-state index is 5.22. The van der Waals surface area contributed by atoms with Gasteiger partial charge >= 0.3 is 0 Å². The molecule has 1 saturated heterocycles. The fraction of sp³-hybridized carbons (Fsp3) is 0.625. The summed E-state index contributed by atoms with van der Waals surface area (Å²) in [6.07, 6.45) is 3.49. The van der Waals surface area contributed by atoms with E-state index in [1.807, 2.05) is 23.9 Å². The van der Waals surface area contributed by atoms with Gasteiger partial charge in [-0.05, 0) is 56.2 Å². The van der Waals surface area contributed by atoms with Gasteiger partial charge in [-0.15, -0.1) is 0 Å². The molecular formula is C16H26N2OS. The highest BCUT2D eigenvalue weighted by Crippen LogP contribution is 2.22. The number of benzene rings is 1. The zero-order chi connectivity index (χ0) is 14.4. The van der Waals surface area contributed by atoms with Gasteiger partial charge in [-0.1, -0.05) is 0 Å². The summed E-state index contributed by atoms with van der Waals surface area (Å²) in [5.74, 6) is 2.20. The highest BCUT2D eigenvalue weighted by Gasteiger charge is 2.23. The number of piperazine rings is 1. The van der Waals surface area contributed by atoms with Crippen LogP contribution in [0.2, 0.25) is 0 Å². The van der Waals surface area contributed by atoms with E-state index in [9.17, 15) is 0 Å². The molecule has 3 nitrogen and oxygen atoms in total. The predicted octanol–water partition coefficient (Wildman–Crippen LogP) is 2.96. The summed E-state index contributed by atoms with van der Waals surface area (Å²) in [4.78, 5) is 5.10. The molecule has 1 atom stereocenters. The third-order valence-corrected chi connectivity index (χ3v) is 4.69. The Morgan fingerprint density at radius 1 is 1.25 bits per heavy atom. The van der Waals surface area contributed by atoms with Crippen LogP contribution in [0, 0.1) is 0 Å². The van der Waals surface area contributed by atoms with Crippen LogP contribution in [0.3, 0.4) is 0 Å². The minimum absolute atomic E-state index is 0.632. The van der Waals surface area contributed by atoms with E-state index in [0.29, 0.717) is 6.04 Å². The quantitative estimate of drug-likeness (QED) is 0.749. The molecular weight excluding hydrogens is 268 g/mol. The number of nitrogens with zero attached hydrogens (tertiary/aromatic N) is 2. The molecule has 0 aliphatic carbocycles. The topological polar surface area (TPSA) is 15.7 Å². The van der Waals surface area contributed by atoms with Crippen molar-refractivity contribution in [2.24, 2.45) is 0 Å². The van der Waals surface area contributed by atoms with Crippen LogP contribution in [0.5, 0.6) is 5.75 Å². The molecule has 1 aromatic carbocycles. The standard InChI is InChI=1S/C16H26N2OS/c1-14-13-18(11-10-17(14)9-4-12-20-3)15-5-7-16(19-2)8-6-15/h5-8,14H,4,9-13H2,1-3H3/t14-/m0/s1. The smallest absolute Gasteiger partial charge is 0.119 e. The predicted molar refractivity (Wildman–Crippen MR) is 89.2 cm³/mol. The van der Waals surface area contributed by atoms with E-state index in [-0.39, 0.29) is 0 Å². The third kappa shape index (κ3) is 4.06. The van der Waals surface area contributed by atoms with Crippen LogP contribution >= 0.6 is 11.8 Å². The summed E-state index contributed by atoms with van der Waals surface area (Å²) >= 11 is 1.94. The minimum Gasteiger partial charge on any atom is -0.497 e. The summed E-state index contributed by atoms with van der Waals surface area (Å²) < 4.78 is 5.22. The molecule has 1 heterocycles. The molecule has 0 N–H and O–H groups in total.